The molecule has 2 rings (SSSR count). The average Bonchev–Trinajstić information content (AvgIpc) is 2.97. The van der Waals surface area contributed by atoms with Crippen LogP contribution in [0.3, 0.4) is 0 Å². The van der Waals surface area contributed by atoms with E-state index in [4.69, 9.17) is 0 Å². The van der Waals surface area contributed by atoms with Crippen LogP contribution in [0.2, 0.25) is 0 Å². The number of thiophene rings is 1. The van der Waals surface area contributed by atoms with Gasteiger partial charge in [0.1, 0.15) is 0 Å². The quantitative estimate of drug-likeness (QED) is 0.441. The van der Waals surface area contributed by atoms with Crippen LogP contribution >= 0.6 is 35.3 Å². The average molecular weight is 415 g/mol. The Hall–Kier alpha value is -1.08. The van der Waals surface area contributed by atoms with E-state index in [1.807, 2.05) is 0 Å². The number of halogens is 1. The van der Waals surface area contributed by atoms with Crippen molar-refractivity contribution in [3.8, 4) is 0 Å². The van der Waals surface area contributed by atoms with Crippen molar-refractivity contribution in [3.63, 3.8) is 0 Å². The first-order valence-corrected chi connectivity index (χ1v) is 7.81. The van der Waals surface area contributed by atoms with E-state index in [2.05, 4.69) is 70.6 Å². The van der Waals surface area contributed by atoms with E-state index in [9.17, 15) is 0 Å². The number of guanidine groups is 1. The third kappa shape index (κ3) is 6.48. The van der Waals surface area contributed by atoms with E-state index < -0.39 is 0 Å². The number of hydrogen-bond donors (Lipinski definition) is 2. The third-order valence-electron chi connectivity index (χ3n) is 2.92. The highest BCUT2D eigenvalue weighted by atomic mass is 127. The third-order valence-corrected chi connectivity index (χ3v) is 3.66. The van der Waals surface area contributed by atoms with E-state index >= 15 is 0 Å². The molecule has 0 saturated heterocycles. The molecule has 2 aromatic rings. The van der Waals surface area contributed by atoms with E-state index in [0.717, 1.165) is 19.0 Å². The molecule has 0 amide bonds. The summed E-state index contributed by atoms with van der Waals surface area (Å²) in [4.78, 5) is 4.59. The number of nitrogens with one attached hydrogen (secondary N) is 2. The molecule has 1 aromatic heterocycles. The molecule has 0 radical (unpaired) electrons. The van der Waals surface area contributed by atoms with Crippen molar-refractivity contribution < 1.29 is 0 Å². The van der Waals surface area contributed by atoms with E-state index in [-0.39, 0.29) is 24.0 Å². The predicted molar refractivity (Wildman–Crippen MR) is 103 cm³/mol. The van der Waals surface area contributed by atoms with Crippen LogP contribution < -0.4 is 10.6 Å². The summed E-state index contributed by atoms with van der Waals surface area (Å²) in [6, 6.07) is 10.7. The van der Waals surface area contributed by atoms with Gasteiger partial charge in [-0.25, -0.2) is 4.99 Å². The van der Waals surface area contributed by atoms with Gasteiger partial charge in [0.05, 0.1) is 6.54 Å². The molecular weight excluding hydrogens is 393 g/mol. The molecule has 0 aliphatic heterocycles. The lowest BCUT2D eigenvalue weighted by atomic mass is 10.1. The summed E-state index contributed by atoms with van der Waals surface area (Å²) in [7, 11) is 0. The maximum absolute atomic E-state index is 4.59. The molecule has 114 valence electrons. The minimum Gasteiger partial charge on any atom is -0.357 e. The molecule has 0 fully saturated rings. The largest absolute Gasteiger partial charge is 0.357 e. The first-order chi connectivity index (χ1) is 9.78. The second kappa shape index (κ2) is 9.78. The molecule has 2 N–H and O–H groups in total. The molecule has 0 saturated carbocycles. The van der Waals surface area contributed by atoms with Gasteiger partial charge in [-0.1, -0.05) is 29.8 Å². The van der Waals surface area contributed by atoms with Gasteiger partial charge in [0.2, 0.25) is 0 Å². The summed E-state index contributed by atoms with van der Waals surface area (Å²) in [5.41, 5.74) is 3.80. The number of rotatable bonds is 5. The number of aryl methyl sites for hydroxylation is 1. The van der Waals surface area contributed by atoms with Crippen molar-refractivity contribution in [1.29, 1.82) is 0 Å². The number of aliphatic imine (C=N–C) groups is 1. The van der Waals surface area contributed by atoms with Crippen molar-refractivity contribution >= 4 is 41.3 Å². The Kier molecular flexibility index (Phi) is 8.37. The fourth-order valence-electron chi connectivity index (χ4n) is 1.79. The Balaban J connectivity index is 0.00000220. The lowest BCUT2D eigenvalue weighted by molar-refractivity contribution is 0.816. The topological polar surface area (TPSA) is 36.4 Å². The molecular formula is C16H22IN3S. The van der Waals surface area contributed by atoms with Gasteiger partial charge in [-0.05, 0) is 41.8 Å². The minimum atomic E-state index is 0. The molecule has 0 atom stereocenters. The van der Waals surface area contributed by atoms with Gasteiger partial charge in [0, 0.05) is 13.1 Å². The van der Waals surface area contributed by atoms with Crippen LogP contribution in [0.25, 0.3) is 0 Å². The van der Waals surface area contributed by atoms with Crippen LogP contribution in [-0.4, -0.2) is 12.5 Å². The first kappa shape index (κ1) is 18.0. The molecule has 0 spiro atoms. The fourth-order valence-corrected chi connectivity index (χ4v) is 2.45. The number of benzene rings is 1. The highest BCUT2D eigenvalue weighted by Gasteiger charge is 1.98. The molecule has 3 nitrogen and oxygen atoms in total. The first-order valence-electron chi connectivity index (χ1n) is 6.86. The summed E-state index contributed by atoms with van der Waals surface area (Å²) in [6.45, 7) is 6.54. The van der Waals surface area contributed by atoms with Crippen molar-refractivity contribution in [2.75, 3.05) is 6.54 Å². The van der Waals surface area contributed by atoms with Crippen molar-refractivity contribution in [2.24, 2.45) is 4.99 Å². The van der Waals surface area contributed by atoms with E-state index in [1.165, 1.54) is 16.7 Å². The second-order valence-corrected chi connectivity index (χ2v) is 5.45. The van der Waals surface area contributed by atoms with Gasteiger partial charge in [-0.2, -0.15) is 11.3 Å². The second-order valence-electron chi connectivity index (χ2n) is 4.67. The molecule has 0 aliphatic carbocycles. The predicted octanol–water partition coefficient (Wildman–Crippen LogP) is 3.93. The fraction of sp³-hybridized carbons (Fsp3) is 0.312. The van der Waals surface area contributed by atoms with Crippen LogP contribution in [0, 0.1) is 6.92 Å². The van der Waals surface area contributed by atoms with Gasteiger partial charge >= 0.3 is 0 Å². The zero-order valence-corrected chi connectivity index (χ0v) is 15.6. The minimum absolute atomic E-state index is 0. The molecule has 0 aliphatic rings. The van der Waals surface area contributed by atoms with Crippen LogP contribution in [0.4, 0.5) is 0 Å². The molecule has 1 heterocycles. The van der Waals surface area contributed by atoms with Crippen molar-refractivity contribution in [2.45, 2.75) is 26.9 Å². The SMILES string of the molecule is CCNC(=NCc1ccsc1)NCc1ccc(C)cc1.I. The Morgan fingerprint density at radius 3 is 2.48 bits per heavy atom. The maximum Gasteiger partial charge on any atom is 0.191 e. The smallest absolute Gasteiger partial charge is 0.191 e. The molecule has 21 heavy (non-hydrogen) atoms. The lowest BCUT2D eigenvalue weighted by Crippen LogP contribution is -2.36. The Morgan fingerprint density at radius 1 is 1.10 bits per heavy atom. The van der Waals surface area contributed by atoms with E-state index in [0.29, 0.717) is 6.54 Å². The monoisotopic (exact) mass is 415 g/mol. The molecule has 5 heteroatoms. The molecule has 1 aromatic carbocycles. The summed E-state index contributed by atoms with van der Waals surface area (Å²) in [5.74, 6) is 0.860. The van der Waals surface area contributed by atoms with Crippen molar-refractivity contribution in [3.05, 3.63) is 57.8 Å². The maximum atomic E-state index is 4.59. The highest BCUT2D eigenvalue weighted by molar-refractivity contribution is 14.0. The van der Waals surface area contributed by atoms with E-state index in [1.54, 1.807) is 11.3 Å². The van der Waals surface area contributed by atoms with Gasteiger partial charge in [-0.3, -0.25) is 0 Å². The van der Waals surface area contributed by atoms with Crippen LogP contribution in [0.5, 0.6) is 0 Å². The van der Waals surface area contributed by atoms with Gasteiger partial charge in [0.25, 0.3) is 0 Å². The normalized spacial score (nSPS) is 10.9. The Bertz CT molecular complexity index is 535. The van der Waals surface area contributed by atoms with Crippen LogP contribution in [0.1, 0.15) is 23.6 Å². The highest BCUT2D eigenvalue weighted by Crippen LogP contribution is 2.07. The van der Waals surface area contributed by atoms with Gasteiger partial charge < -0.3 is 10.6 Å². The zero-order valence-electron chi connectivity index (χ0n) is 12.4. The summed E-state index contributed by atoms with van der Waals surface area (Å²) < 4.78 is 0. The standard InChI is InChI=1S/C16H21N3S.HI/c1-3-17-16(19-11-15-8-9-20-12-15)18-10-14-6-4-13(2)5-7-14;/h4-9,12H,3,10-11H2,1-2H3,(H2,17,18,19);1H. The summed E-state index contributed by atoms with van der Waals surface area (Å²) in [5, 5.41) is 10.8. The van der Waals surface area contributed by atoms with Crippen LogP contribution in [0.15, 0.2) is 46.1 Å². The van der Waals surface area contributed by atoms with Gasteiger partial charge in [-0.15, -0.1) is 24.0 Å². The number of hydrogen-bond acceptors (Lipinski definition) is 2. The molecule has 0 bridgehead atoms. The Morgan fingerprint density at radius 2 is 1.86 bits per heavy atom. The molecule has 0 unspecified atom stereocenters. The Labute approximate surface area is 147 Å². The summed E-state index contributed by atoms with van der Waals surface area (Å²) >= 11 is 1.71. The lowest BCUT2D eigenvalue weighted by Gasteiger charge is -2.11. The van der Waals surface area contributed by atoms with Gasteiger partial charge in [0.15, 0.2) is 5.96 Å². The zero-order chi connectivity index (χ0) is 14.2. The summed E-state index contributed by atoms with van der Waals surface area (Å²) in [6.07, 6.45) is 0. The van der Waals surface area contributed by atoms with Crippen molar-refractivity contribution in [1.82, 2.24) is 10.6 Å². The number of nitrogens with zero attached hydrogens (tertiary/aromatic N) is 1. The van der Waals surface area contributed by atoms with Crippen LogP contribution in [-0.2, 0) is 13.1 Å².